The second-order valence-corrected chi connectivity index (χ2v) is 6.07. The van der Waals surface area contributed by atoms with Gasteiger partial charge in [-0.2, -0.15) is 0 Å². The van der Waals surface area contributed by atoms with Crippen molar-refractivity contribution in [3.63, 3.8) is 0 Å². The maximum absolute atomic E-state index is 9.53. The number of hydrogen-bond donors (Lipinski definition) is 0. The Labute approximate surface area is 151 Å². The molecule has 2 nitrogen and oxygen atoms in total. The molecule has 0 spiro atoms. The number of quaternary nitrogens is 1. The predicted molar refractivity (Wildman–Crippen MR) is 106 cm³/mol. The van der Waals surface area contributed by atoms with Crippen molar-refractivity contribution in [3.8, 4) is 0 Å². The van der Waals surface area contributed by atoms with E-state index in [1.54, 1.807) is 0 Å². The van der Waals surface area contributed by atoms with Crippen molar-refractivity contribution in [3.05, 3.63) is 91.0 Å². The van der Waals surface area contributed by atoms with E-state index in [2.05, 4.69) is 98.0 Å². The normalized spacial score (nSPS) is 10.7. The number of nitrogens with zero attached hydrogens (tertiary/aromatic N) is 1. The van der Waals surface area contributed by atoms with Crippen LogP contribution in [-0.2, 0) is 0 Å². The van der Waals surface area contributed by atoms with Crippen molar-refractivity contribution in [1.82, 2.24) is 4.48 Å². The zero-order valence-electron chi connectivity index (χ0n) is 15.1. The van der Waals surface area contributed by atoms with Crippen LogP contribution in [0.15, 0.2) is 91.0 Å². The molecule has 2 heteroatoms. The third kappa shape index (κ3) is 4.79. The molecule has 3 aromatic carbocycles. The summed E-state index contributed by atoms with van der Waals surface area (Å²) in [5.74, 6) is 0. The first-order valence-corrected chi connectivity index (χ1v) is 8.85. The van der Waals surface area contributed by atoms with Crippen LogP contribution < -0.4 is 9.59 Å². The topological polar surface area (TPSA) is 23.1 Å². The lowest BCUT2D eigenvalue weighted by atomic mass is 10.1. The van der Waals surface area contributed by atoms with Gasteiger partial charge in [-0.3, -0.25) is 0 Å². The van der Waals surface area contributed by atoms with Crippen molar-refractivity contribution in [2.75, 3.05) is 13.7 Å². The maximum atomic E-state index is 9.53. The smallest absolute Gasteiger partial charge is 0.142 e. The number of rotatable bonds is 5. The maximum Gasteiger partial charge on any atom is 0.142 e. The van der Waals surface area contributed by atoms with Gasteiger partial charge in [0.05, 0.1) is 7.05 Å². The molecule has 0 fully saturated rings. The molecule has 0 aliphatic heterocycles. The molecule has 0 heterocycles. The Hall–Kier alpha value is -2.42. The minimum Gasteiger partial charge on any atom is -0.854 e. The summed E-state index contributed by atoms with van der Waals surface area (Å²) in [6.45, 7) is 2.11. The number of hydrogen-bond acceptors (Lipinski definition) is 1. The van der Waals surface area contributed by atoms with Gasteiger partial charge < -0.3 is 5.11 Å². The minimum atomic E-state index is 0.0938. The van der Waals surface area contributed by atoms with Crippen LogP contribution in [0.2, 0.25) is 0 Å². The quantitative estimate of drug-likeness (QED) is 0.571. The average molecular weight is 333 g/mol. The third-order valence-electron chi connectivity index (χ3n) is 4.32. The number of unbranched alkanes of at least 4 members (excludes halogenated alkanes) is 1. The van der Waals surface area contributed by atoms with Gasteiger partial charge in [-0.25, -0.2) is 4.48 Å². The van der Waals surface area contributed by atoms with Gasteiger partial charge >= 0.3 is 0 Å². The Morgan fingerprint density at radius 3 is 1.16 bits per heavy atom. The molecule has 0 aliphatic rings. The molecule has 130 valence electrons. The summed E-state index contributed by atoms with van der Waals surface area (Å²) in [7, 11) is 2.24. The monoisotopic (exact) mass is 333 g/mol. The molecule has 0 saturated carbocycles. The standard InChI is InChI=1S/C19H18N.C4H9O/c1-20(17-11-5-2-6-12-17,18-13-7-3-8-14-18)19-15-9-4-10-16-19;1-2-3-4-5/h2-16H,1H3;2-4H2,1H3/q+1;-1. The summed E-state index contributed by atoms with van der Waals surface area (Å²) >= 11 is 0. The summed E-state index contributed by atoms with van der Waals surface area (Å²) < 4.78 is 0.669. The highest BCUT2D eigenvalue weighted by Crippen LogP contribution is 2.41. The molecule has 25 heavy (non-hydrogen) atoms. The Bertz CT molecular complexity index is 612. The van der Waals surface area contributed by atoms with Crippen molar-refractivity contribution in [2.24, 2.45) is 0 Å². The van der Waals surface area contributed by atoms with Crippen LogP contribution in [0.5, 0.6) is 0 Å². The molecule has 0 unspecified atom stereocenters. The van der Waals surface area contributed by atoms with Gasteiger partial charge in [-0.05, 0) is 36.4 Å². The summed E-state index contributed by atoms with van der Waals surface area (Å²) in [6.07, 6.45) is 1.86. The fourth-order valence-electron chi connectivity index (χ4n) is 2.77. The highest BCUT2D eigenvalue weighted by Gasteiger charge is 2.30. The van der Waals surface area contributed by atoms with E-state index >= 15 is 0 Å². The fraction of sp³-hybridized carbons (Fsp3) is 0.217. The first kappa shape index (κ1) is 18.9. The number of para-hydroxylation sites is 3. The molecular formula is C23H27NO. The molecule has 0 N–H and O–H groups in total. The van der Waals surface area contributed by atoms with E-state index in [0.29, 0.717) is 4.48 Å². The second kappa shape index (κ2) is 9.77. The van der Waals surface area contributed by atoms with Crippen LogP contribution in [0.4, 0.5) is 17.1 Å². The molecule has 0 aliphatic carbocycles. The van der Waals surface area contributed by atoms with Crippen LogP contribution in [0.1, 0.15) is 19.8 Å². The average Bonchev–Trinajstić information content (AvgIpc) is 2.70. The molecule has 0 bridgehead atoms. The lowest BCUT2D eigenvalue weighted by molar-refractivity contribution is -0.368. The highest BCUT2D eigenvalue weighted by molar-refractivity contribution is 5.69. The summed E-state index contributed by atoms with van der Waals surface area (Å²) in [5.41, 5.74) is 3.76. The predicted octanol–water partition coefficient (Wildman–Crippen LogP) is 5.43. The van der Waals surface area contributed by atoms with Gasteiger partial charge in [0.2, 0.25) is 0 Å². The van der Waals surface area contributed by atoms with Crippen molar-refractivity contribution in [2.45, 2.75) is 19.8 Å². The van der Waals surface area contributed by atoms with Gasteiger partial charge in [0.1, 0.15) is 17.1 Å². The van der Waals surface area contributed by atoms with Gasteiger partial charge in [-0.1, -0.05) is 74.4 Å². The molecule has 3 rings (SSSR count). The van der Waals surface area contributed by atoms with Crippen molar-refractivity contribution < 1.29 is 5.11 Å². The van der Waals surface area contributed by atoms with E-state index in [4.69, 9.17) is 0 Å². The Morgan fingerprint density at radius 1 is 0.640 bits per heavy atom. The molecule has 0 aromatic heterocycles. The van der Waals surface area contributed by atoms with E-state index in [1.807, 2.05) is 6.92 Å². The van der Waals surface area contributed by atoms with Crippen LogP contribution in [0.3, 0.4) is 0 Å². The number of benzene rings is 3. The van der Waals surface area contributed by atoms with E-state index in [1.165, 1.54) is 17.1 Å². The van der Waals surface area contributed by atoms with Crippen molar-refractivity contribution in [1.29, 1.82) is 0 Å². The first-order valence-electron chi connectivity index (χ1n) is 8.85. The van der Waals surface area contributed by atoms with E-state index < -0.39 is 0 Å². The second-order valence-electron chi connectivity index (χ2n) is 6.07. The van der Waals surface area contributed by atoms with Gasteiger partial charge in [0.15, 0.2) is 0 Å². The molecule has 0 amide bonds. The van der Waals surface area contributed by atoms with Crippen LogP contribution >= 0.6 is 0 Å². The van der Waals surface area contributed by atoms with Crippen LogP contribution in [-0.4, -0.2) is 13.7 Å². The lowest BCUT2D eigenvalue weighted by Crippen LogP contribution is -2.33. The lowest BCUT2D eigenvalue weighted by Gasteiger charge is -2.33. The van der Waals surface area contributed by atoms with Crippen LogP contribution in [0, 0.1) is 0 Å². The molecule has 0 atom stereocenters. The van der Waals surface area contributed by atoms with Gasteiger partial charge in [0, 0.05) is 0 Å². The zero-order valence-corrected chi connectivity index (χ0v) is 15.1. The van der Waals surface area contributed by atoms with Gasteiger partial charge in [-0.15, -0.1) is 6.61 Å². The SMILES string of the molecule is CCCC[O-].C[N+](c1ccccc1)(c1ccccc1)c1ccccc1. The summed E-state index contributed by atoms with van der Waals surface area (Å²) in [4.78, 5) is 0. The Morgan fingerprint density at radius 2 is 0.960 bits per heavy atom. The molecule has 0 radical (unpaired) electrons. The third-order valence-corrected chi connectivity index (χ3v) is 4.32. The molecular weight excluding hydrogens is 306 g/mol. The first-order chi connectivity index (χ1) is 12.2. The van der Waals surface area contributed by atoms with Gasteiger partial charge in [0.25, 0.3) is 0 Å². The summed E-state index contributed by atoms with van der Waals surface area (Å²) in [6, 6.07) is 31.8. The minimum absolute atomic E-state index is 0.0938. The van der Waals surface area contributed by atoms with E-state index in [-0.39, 0.29) is 6.61 Å². The van der Waals surface area contributed by atoms with Crippen molar-refractivity contribution >= 4 is 17.1 Å². The van der Waals surface area contributed by atoms with E-state index in [9.17, 15) is 5.11 Å². The van der Waals surface area contributed by atoms with Crippen LogP contribution in [0.25, 0.3) is 0 Å². The fourth-order valence-corrected chi connectivity index (χ4v) is 2.77. The Balaban J connectivity index is 0.000000399. The molecule has 0 saturated heterocycles. The Kier molecular flexibility index (Phi) is 7.39. The van der Waals surface area contributed by atoms with E-state index in [0.717, 1.165) is 12.8 Å². The summed E-state index contributed by atoms with van der Waals surface area (Å²) in [5, 5.41) is 9.53. The highest BCUT2D eigenvalue weighted by atomic mass is 16.2. The zero-order chi connectivity index (χ0) is 18.0. The largest absolute Gasteiger partial charge is 0.854 e. The molecule has 3 aromatic rings.